The second-order valence-corrected chi connectivity index (χ2v) is 7.85. The minimum absolute atomic E-state index is 0.0165. The molecule has 0 aromatic heterocycles. The number of carbonyl (C=O) groups excluding carboxylic acids is 1. The van der Waals surface area contributed by atoms with Crippen LogP contribution in [-0.4, -0.2) is 23.7 Å². The molecular weight excluding hydrogens is 406 g/mol. The van der Waals surface area contributed by atoms with E-state index in [9.17, 15) is 14.9 Å². The maximum atomic E-state index is 12.2. The normalized spacial score (nSPS) is 10.9. The van der Waals surface area contributed by atoms with E-state index < -0.39 is 4.92 Å². The lowest BCUT2D eigenvalue weighted by molar-refractivity contribution is -0.385. The number of nitro benzene ring substituents is 1. The SMILES string of the molecule is CCCCCCCCCCOc1ccc(C(=O)N/N=C/c2ccc(C)c([N+](=O)[O-])c2)cc1. The fourth-order valence-corrected chi connectivity index (χ4v) is 3.26. The van der Waals surface area contributed by atoms with Crippen LogP contribution in [0, 0.1) is 17.0 Å². The molecule has 2 aromatic carbocycles. The molecule has 0 aliphatic heterocycles. The Morgan fingerprint density at radius 1 is 1.03 bits per heavy atom. The highest BCUT2D eigenvalue weighted by atomic mass is 16.6. The zero-order chi connectivity index (χ0) is 23.2. The Morgan fingerprint density at radius 3 is 2.34 bits per heavy atom. The summed E-state index contributed by atoms with van der Waals surface area (Å²) in [5.74, 6) is 0.373. The smallest absolute Gasteiger partial charge is 0.272 e. The van der Waals surface area contributed by atoms with Gasteiger partial charge in [0.1, 0.15) is 5.75 Å². The molecule has 0 radical (unpaired) electrons. The number of hydrazone groups is 1. The van der Waals surface area contributed by atoms with Gasteiger partial charge in [-0.1, -0.05) is 64.0 Å². The first-order chi connectivity index (χ1) is 15.5. The highest BCUT2D eigenvalue weighted by Crippen LogP contribution is 2.18. The van der Waals surface area contributed by atoms with Crippen molar-refractivity contribution < 1.29 is 14.5 Å². The molecule has 0 saturated carbocycles. The van der Waals surface area contributed by atoms with Gasteiger partial charge in [-0.2, -0.15) is 5.10 Å². The molecule has 0 fully saturated rings. The highest BCUT2D eigenvalue weighted by Gasteiger charge is 2.10. The number of hydrogen-bond donors (Lipinski definition) is 1. The summed E-state index contributed by atoms with van der Waals surface area (Å²) in [6, 6.07) is 11.7. The number of rotatable bonds is 14. The van der Waals surface area contributed by atoms with Gasteiger partial charge in [0.2, 0.25) is 0 Å². The van der Waals surface area contributed by atoms with E-state index in [1.807, 2.05) is 0 Å². The van der Waals surface area contributed by atoms with Crippen LogP contribution < -0.4 is 10.2 Å². The number of aryl methyl sites for hydroxylation is 1. The standard InChI is InChI=1S/C25H33N3O4/c1-3-4-5-6-7-8-9-10-17-32-23-15-13-22(14-16-23)25(29)27-26-19-21-12-11-20(2)24(18-21)28(30)31/h11-16,18-19H,3-10,17H2,1-2H3,(H,27,29)/b26-19+. The lowest BCUT2D eigenvalue weighted by atomic mass is 10.1. The summed E-state index contributed by atoms with van der Waals surface area (Å²) < 4.78 is 5.75. The Balaban J connectivity index is 1.71. The maximum absolute atomic E-state index is 12.2. The molecule has 0 aliphatic carbocycles. The van der Waals surface area contributed by atoms with Crippen molar-refractivity contribution in [2.24, 2.45) is 5.10 Å². The Kier molecular flexibility index (Phi) is 10.9. The molecular formula is C25H33N3O4. The van der Waals surface area contributed by atoms with Crippen LogP contribution in [0.2, 0.25) is 0 Å². The van der Waals surface area contributed by atoms with Crippen LogP contribution >= 0.6 is 0 Å². The molecule has 1 amide bonds. The van der Waals surface area contributed by atoms with Crippen LogP contribution in [0.25, 0.3) is 0 Å². The van der Waals surface area contributed by atoms with Gasteiger partial charge in [0.05, 0.1) is 17.7 Å². The topological polar surface area (TPSA) is 93.8 Å². The predicted octanol–water partition coefficient (Wildman–Crippen LogP) is 6.19. The van der Waals surface area contributed by atoms with Crippen molar-refractivity contribution >= 4 is 17.8 Å². The lowest BCUT2D eigenvalue weighted by Gasteiger charge is -2.07. The molecule has 0 atom stereocenters. The first-order valence-electron chi connectivity index (χ1n) is 11.3. The molecule has 7 heteroatoms. The molecule has 7 nitrogen and oxygen atoms in total. The molecule has 0 spiro atoms. The van der Waals surface area contributed by atoms with Gasteiger partial charge in [0.25, 0.3) is 11.6 Å². The molecule has 0 bridgehead atoms. The first-order valence-corrected chi connectivity index (χ1v) is 11.3. The van der Waals surface area contributed by atoms with Crippen molar-refractivity contribution in [2.75, 3.05) is 6.61 Å². The second kappa shape index (κ2) is 14.0. The molecule has 32 heavy (non-hydrogen) atoms. The summed E-state index contributed by atoms with van der Waals surface area (Å²) in [5, 5.41) is 14.9. The van der Waals surface area contributed by atoms with Crippen LogP contribution in [0.3, 0.4) is 0 Å². The van der Waals surface area contributed by atoms with Crippen LogP contribution in [0.1, 0.15) is 79.8 Å². The number of ether oxygens (including phenoxy) is 1. The Bertz CT molecular complexity index is 895. The van der Waals surface area contributed by atoms with Crippen LogP contribution in [0.4, 0.5) is 5.69 Å². The van der Waals surface area contributed by atoms with E-state index in [4.69, 9.17) is 4.74 Å². The average molecular weight is 440 g/mol. The second-order valence-electron chi connectivity index (χ2n) is 7.85. The minimum Gasteiger partial charge on any atom is -0.494 e. The van der Waals surface area contributed by atoms with Crippen molar-refractivity contribution in [2.45, 2.75) is 65.2 Å². The summed E-state index contributed by atoms with van der Waals surface area (Å²) in [7, 11) is 0. The zero-order valence-corrected chi connectivity index (χ0v) is 19.0. The van der Waals surface area contributed by atoms with Gasteiger partial charge < -0.3 is 4.74 Å². The Labute approximate surface area is 190 Å². The van der Waals surface area contributed by atoms with Gasteiger partial charge in [0.15, 0.2) is 0 Å². The number of hydrogen-bond acceptors (Lipinski definition) is 5. The van der Waals surface area contributed by atoms with Gasteiger partial charge in [-0.25, -0.2) is 5.43 Å². The van der Waals surface area contributed by atoms with E-state index in [2.05, 4.69) is 17.5 Å². The number of amides is 1. The highest BCUT2D eigenvalue weighted by molar-refractivity contribution is 5.95. The van der Waals surface area contributed by atoms with E-state index in [0.29, 0.717) is 23.3 Å². The van der Waals surface area contributed by atoms with Gasteiger partial charge in [-0.3, -0.25) is 14.9 Å². The van der Waals surface area contributed by atoms with Gasteiger partial charge in [-0.05, 0) is 37.6 Å². The molecule has 0 heterocycles. The third-order valence-corrected chi connectivity index (χ3v) is 5.19. The van der Waals surface area contributed by atoms with Gasteiger partial charge in [0, 0.05) is 22.8 Å². The summed E-state index contributed by atoms with van der Waals surface area (Å²) >= 11 is 0. The summed E-state index contributed by atoms with van der Waals surface area (Å²) in [4.78, 5) is 22.8. The molecule has 0 aliphatic rings. The Morgan fingerprint density at radius 2 is 1.69 bits per heavy atom. The average Bonchev–Trinajstić information content (AvgIpc) is 2.79. The minimum atomic E-state index is -0.441. The van der Waals surface area contributed by atoms with Gasteiger partial charge >= 0.3 is 0 Å². The van der Waals surface area contributed by atoms with E-state index >= 15 is 0 Å². The van der Waals surface area contributed by atoms with Gasteiger partial charge in [-0.15, -0.1) is 0 Å². The summed E-state index contributed by atoms with van der Waals surface area (Å²) in [6.45, 7) is 4.57. The van der Waals surface area contributed by atoms with Crippen molar-refractivity contribution in [1.29, 1.82) is 0 Å². The van der Waals surface area contributed by atoms with E-state index in [-0.39, 0.29) is 11.6 Å². The number of carbonyl (C=O) groups is 1. The van der Waals surface area contributed by atoms with Crippen LogP contribution in [0.5, 0.6) is 5.75 Å². The monoisotopic (exact) mass is 439 g/mol. The van der Waals surface area contributed by atoms with E-state index in [1.165, 1.54) is 57.2 Å². The number of nitrogens with zero attached hydrogens (tertiary/aromatic N) is 2. The largest absolute Gasteiger partial charge is 0.494 e. The summed E-state index contributed by atoms with van der Waals surface area (Å²) in [6.07, 6.45) is 11.4. The number of benzene rings is 2. The molecule has 0 saturated heterocycles. The Hall–Kier alpha value is -3.22. The lowest BCUT2D eigenvalue weighted by Crippen LogP contribution is -2.17. The number of nitro groups is 1. The molecule has 0 unspecified atom stereocenters. The molecule has 172 valence electrons. The number of unbranched alkanes of at least 4 members (excludes halogenated alkanes) is 7. The fraction of sp³-hybridized carbons (Fsp3) is 0.440. The maximum Gasteiger partial charge on any atom is 0.272 e. The third kappa shape index (κ3) is 8.88. The van der Waals surface area contributed by atoms with Crippen molar-refractivity contribution in [3.8, 4) is 5.75 Å². The first kappa shape index (κ1) is 25.0. The zero-order valence-electron chi connectivity index (χ0n) is 19.0. The van der Waals surface area contributed by atoms with Crippen molar-refractivity contribution in [3.05, 3.63) is 69.3 Å². The van der Waals surface area contributed by atoms with E-state index in [0.717, 1.165) is 12.2 Å². The number of nitrogens with one attached hydrogen (secondary N) is 1. The third-order valence-electron chi connectivity index (χ3n) is 5.19. The van der Waals surface area contributed by atoms with Crippen LogP contribution in [0.15, 0.2) is 47.6 Å². The quantitative estimate of drug-likeness (QED) is 0.164. The van der Waals surface area contributed by atoms with Crippen molar-refractivity contribution in [3.63, 3.8) is 0 Å². The molecule has 1 N–H and O–H groups in total. The summed E-state index contributed by atoms with van der Waals surface area (Å²) in [5.41, 5.74) is 4.01. The van der Waals surface area contributed by atoms with Crippen LogP contribution in [-0.2, 0) is 0 Å². The predicted molar refractivity (Wildman–Crippen MR) is 127 cm³/mol. The molecule has 2 aromatic rings. The fourth-order valence-electron chi connectivity index (χ4n) is 3.26. The van der Waals surface area contributed by atoms with E-state index in [1.54, 1.807) is 43.3 Å². The van der Waals surface area contributed by atoms with Crippen molar-refractivity contribution in [1.82, 2.24) is 5.43 Å². The molecule has 2 rings (SSSR count).